The highest BCUT2D eigenvalue weighted by Gasteiger charge is 2.21. The Labute approximate surface area is 153 Å². The lowest BCUT2D eigenvalue weighted by Crippen LogP contribution is -2.04. The van der Waals surface area contributed by atoms with Gasteiger partial charge in [-0.05, 0) is 35.9 Å². The van der Waals surface area contributed by atoms with Crippen LogP contribution in [0.5, 0.6) is 0 Å². The molecule has 0 saturated carbocycles. The van der Waals surface area contributed by atoms with E-state index in [4.69, 9.17) is 21.9 Å². The second kappa shape index (κ2) is 6.20. The van der Waals surface area contributed by atoms with Gasteiger partial charge in [0.25, 0.3) is 0 Å². The third-order valence-corrected chi connectivity index (χ3v) is 4.45. The van der Waals surface area contributed by atoms with E-state index in [1.165, 1.54) is 0 Å². The van der Waals surface area contributed by atoms with Crippen LogP contribution in [0.1, 0.15) is 10.4 Å². The summed E-state index contributed by atoms with van der Waals surface area (Å²) in [5.74, 6) is -0.453. The summed E-state index contributed by atoms with van der Waals surface area (Å²) in [6.07, 6.45) is 0. The predicted molar refractivity (Wildman–Crippen MR) is 101 cm³/mol. The number of anilines is 1. The molecule has 0 bridgehead atoms. The Morgan fingerprint density at radius 1 is 1.04 bits per heavy atom. The van der Waals surface area contributed by atoms with Crippen molar-refractivity contribution in [3.05, 3.63) is 71.6 Å². The second-order valence-electron chi connectivity index (χ2n) is 5.85. The van der Waals surface area contributed by atoms with Gasteiger partial charge in [0.05, 0.1) is 10.9 Å². The van der Waals surface area contributed by atoms with Crippen LogP contribution in [0.4, 0.5) is 5.69 Å². The van der Waals surface area contributed by atoms with Crippen molar-refractivity contribution in [1.29, 1.82) is 0 Å². The number of benzene rings is 3. The number of rotatable bonds is 2. The zero-order chi connectivity index (χ0) is 18.3. The van der Waals surface area contributed by atoms with E-state index in [1.54, 1.807) is 42.5 Å². The standard InChI is InChI=1S/C20H13ClN2O3/c21-23-12-6-8-16-18(10-12)26-17-9-11(22)5-7-15(17)19(16)13-3-1-2-4-14(13)20(24)25/h1-10H,22H2,(H,24,25)/b23-12+. The first-order valence-electron chi connectivity index (χ1n) is 7.82. The minimum atomic E-state index is -0.995. The van der Waals surface area contributed by atoms with Crippen molar-refractivity contribution in [2.75, 3.05) is 5.73 Å². The number of aromatic carboxylic acids is 1. The largest absolute Gasteiger partial charge is 0.478 e. The van der Waals surface area contributed by atoms with Crippen LogP contribution in [0.3, 0.4) is 0 Å². The van der Waals surface area contributed by atoms with Crippen LogP contribution in [0.15, 0.2) is 69.6 Å². The first-order valence-corrected chi connectivity index (χ1v) is 8.16. The molecular formula is C20H13ClN2O3. The minimum absolute atomic E-state index is 0.212. The molecule has 1 aliphatic carbocycles. The molecule has 0 fully saturated rings. The second-order valence-corrected chi connectivity index (χ2v) is 6.02. The highest BCUT2D eigenvalue weighted by atomic mass is 35.5. The average molecular weight is 365 g/mol. The van der Waals surface area contributed by atoms with Gasteiger partial charge in [-0.25, -0.2) is 4.79 Å². The molecule has 1 aliphatic heterocycles. The summed E-state index contributed by atoms with van der Waals surface area (Å²) < 4.78 is 9.65. The number of hydrogen-bond acceptors (Lipinski definition) is 4. The Bertz CT molecular complexity index is 1200. The topological polar surface area (TPSA) is 88.8 Å². The predicted octanol–water partition coefficient (Wildman–Crippen LogP) is 4.54. The first-order chi connectivity index (χ1) is 12.6. The molecule has 3 N–H and O–H groups in total. The minimum Gasteiger partial charge on any atom is -0.478 e. The molecule has 0 spiro atoms. The highest BCUT2D eigenvalue weighted by Crippen LogP contribution is 2.41. The van der Waals surface area contributed by atoms with Crippen molar-refractivity contribution in [2.24, 2.45) is 4.51 Å². The van der Waals surface area contributed by atoms with Crippen LogP contribution < -0.4 is 11.1 Å². The number of carboxylic acid groups (broad SMARTS) is 1. The zero-order valence-electron chi connectivity index (χ0n) is 13.4. The maximum Gasteiger partial charge on any atom is 0.336 e. The molecule has 26 heavy (non-hydrogen) atoms. The molecule has 2 aromatic carbocycles. The SMILES string of the molecule is Nc1ccc2c(-c3ccccc3C(=O)O)c3cc/c(=N\Cl)cc-3oc2c1. The normalized spacial score (nSPS) is 12.0. The van der Waals surface area contributed by atoms with Gasteiger partial charge in [0.2, 0.25) is 0 Å². The molecule has 0 saturated heterocycles. The fraction of sp³-hybridized carbons (Fsp3) is 0. The van der Waals surface area contributed by atoms with Gasteiger partial charge in [-0.3, -0.25) is 0 Å². The molecule has 0 atom stereocenters. The molecule has 2 aromatic rings. The lowest BCUT2D eigenvalue weighted by atomic mass is 9.91. The molecule has 6 heteroatoms. The molecule has 4 rings (SSSR count). The molecule has 0 aromatic heterocycles. The number of halogens is 1. The van der Waals surface area contributed by atoms with Crippen LogP contribution in [-0.4, -0.2) is 11.1 Å². The molecule has 0 unspecified atom stereocenters. The van der Waals surface area contributed by atoms with E-state index in [-0.39, 0.29) is 5.56 Å². The van der Waals surface area contributed by atoms with E-state index in [0.29, 0.717) is 28.0 Å². The first kappa shape index (κ1) is 16.2. The molecule has 2 aliphatic rings. The summed E-state index contributed by atoms with van der Waals surface area (Å²) in [4.78, 5) is 11.7. The van der Waals surface area contributed by atoms with Crippen LogP contribution in [-0.2, 0) is 0 Å². The van der Waals surface area contributed by atoms with Crippen molar-refractivity contribution in [1.82, 2.24) is 0 Å². The van der Waals surface area contributed by atoms with Gasteiger partial charge in [0.1, 0.15) is 11.3 Å². The van der Waals surface area contributed by atoms with Gasteiger partial charge < -0.3 is 15.3 Å². The number of nitrogens with zero attached hydrogens (tertiary/aromatic N) is 1. The zero-order valence-corrected chi connectivity index (χ0v) is 14.2. The molecule has 0 radical (unpaired) electrons. The van der Waals surface area contributed by atoms with Gasteiger partial charge in [-0.2, -0.15) is 4.51 Å². The van der Waals surface area contributed by atoms with Crippen molar-refractivity contribution in [3.8, 4) is 22.5 Å². The van der Waals surface area contributed by atoms with Crippen molar-refractivity contribution < 1.29 is 14.3 Å². The molecular weight excluding hydrogens is 352 g/mol. The summed E-state index contributed by atoms with van der Waals surface area (Å²) in [7, 11) is 0. The lowest BCUT2D eigenvalue weighted by molar-refractivity contribution is 0.0697. The Morgan fingerprint density at radius 3 is 2.62 bits per heavy atom. The summed E-state index contributed by atoms with van der Waals surface area (Å²) in [6, 6.07) is 17.5. The number of nitrogens with two attached hydrogens (primary N) is 1. The third kappa shape index (κ3) is 2.59. The van der Waals surface area contributed by atoms with Crippen LogP contribution >= 0.6 is 11.8 Å². The summed E-state index contributed by atoms with van der Waals surface area (Å²) in [5, 5.41) is 10.9. The Balaban J connectivity index is 2.21. The summed E-state index contributed by atoms with van der Waals surface area (Å²) in [5.41, 5.74) is 9.35. The highest BCUT2D eigenvalue weighted by molar-refractivity contribution is 6.14. The van der Waals surface area contributed by atoms with E-state index >= 15 is 0 Å². The van der Waals surface area contributed by atoms with E-state index in [0.717, 1.165) is 16.5 Å². The van der Waals surface area contributed by atoms with Gasteiger partial charge in [-0.1, -0.05) is 18.2 Å². The van der Waals surface area contributed by atoms with E-state index in [9.17, 15) is 9.90 Å². The smallest absolute Gasteiger partial charge is 0.336 e. The number of fused-ring (bicyclic) bond motifs is 2. The van der Waals surface area contributed by atoms with Crippen LogP contribution in [0.25, 0.3) is 33.4 Å². The van der Waals surface area contributed by atoms with Crippen molar-refractivity contribution in [2.45, 2.75) is 0 Å². The molecule has 0 amide bonds. The monoisotopic (exact) mass is 364 g/mol. The summed E-state index contributed by atoms with van der Waals surface area (Å²) >= 11 is 5.58. The maximum absolute atomic E-state index is 11.7. The van der Waals surface area contributed by atoms with Gasteiger partial charge in [0.15, 0.2) is 0 Å². The van der Waals surface area contributed by atoms with E-state index in [1.807, 2.05) is 18.2 Å². The van der Waals surface area contributed by atoms with Gasteiger partial charge >= 0.3 is 5.97 Å². The Morgan fingerprint density at radius 2 is 1.85 bits per heavy atom. The molecule has 128 valence electrons. The fourth-order valence-electron chi connectivity index (χ4n) is 3.13. The van der Waals surface area contributed by atoms with Crippen LogP contribution in [0, 0.1) is 0 Å². The Kier molecular flexibility index (Phi) is 3.86. The number of nitrogen functional groups attached to an aromatic ring is 1. The maximum atomic E-state index is 11.7. The molecule has 5 nitrogen and oxygen atoms in total. The van der Waals surface area contributed by atoms with E-state index < -0.39 is 5.97 Å². The van der Waals surface area contributed by atoms with E-state index in [2.05, 4.69) is 4.51 Å². The number of carbonyl (C=O) groups is 1. The summed E-state index contributed by atoms with van der Waals surface area (Å²) in [6.45, 7) is 0. The van der Waals surface area contributed by atoms with Crippen molar-refractivity contribution in [3.63, 3.8) is 0 Å². The Hall–Kier alpha value is -3.31. The third-order valence-electron chi connectivity index (χ3n) is 4.25. The van der Waals surface area contributed by atoms with Crippen LogP contribution in [0.2, 0.25) is 0 Å². The average Bonchev–Trinajstić information content (AvgIpc) is 2.65. The quantitative estimate of drug-likeness (QED) is 0.403. The fourth-order valence-corrected chi connectivity index (χ4v) is 3.23. The van der Waals surface area contributed by atoms with Gasteiger partial charge in [-0.15, -0.1) is 0 Å². The lowest BCUT2D eigenvalue weighted by Gasteiger charge is -2.16. The number of carboxylic acids is 1. The van der Waals surface area contributed by atoms with Crippen molar-refractivity contribution >= 4 is 34.4 Å². The van der Waals surface area contributed by atoms with Gasteiger partial charge in [0, 0.05) is 46.1 Å². The number of hydrogen-bond donors (Lipinski definition) is 2. The molecule has 1 heterocycles.